The lowest BCUT2D eigenvalue weighted by Gasteiger charge is -2.24. The van der Waals surface area contributed by atoms with Crippen molar-refractivity contribution in [3.63, 3.8) is 0 Å². The van der Waals surface area contributed by atoms with Crippen molar-refractivity contribution in [1.82, 2.24) is 0 Å². The molecule has 0 aromatic heterocycles. The highest BCUT2D eigenvalue weighted by atomic mass is 16.6. The van der Waals surface area contributed by atoms with Crippen LogP contribution in [0.15, 0.2) is 66.7 Å². The highest BCUT2D eigenvalue weighted by Crippen LogP contribution is 2.35. The topological polar surface area (TPSA) is 93.9 Å². The summed E-state index contributed by atoms with van der Waals surface area (Å²) < 4.78 is 10.7. The summed E-state index contributed by atoms with van der Waals surface area (Å²) in [6, 6.07) is 19.2. The van der Waals surface area contributed by atoms with Gasteiger partial charge in [0.1, 0.15) is 0 Å². The average molecular weight is 422 g/mol. The first-order chi connectivity index (χ1) is 14.9. The van der Waals surface area contributed by atoms with Crippen molar-refractivity contribution < 1.29 is 19.5 Å². The molecule has 0 saturated carbocycles. The second-order valence-electron chi connectivity index (χ2n) is 7.28. The summed E-state index contributed by atoms with van der Waals surface area (Å²) in [6.07, 6.45) is -0.383. The number of hydrogen-bond acceptors (Lipinski definition) is 6. The lowest BCUT2D eigenvalue weighted by atomic mass is 9.95. The molecule has 0 bridgehead atoms. The van der Waals surface area contributed by atoms with Gasteiger partial charge in [0.2, 0.25) is 0 Å². The van der Waals surface area contributed by atoms with Crippen molar-refractivity contribution in [3.8, 4) is 11.5 Å². The Morgan fingerprint density at radius 1 is 0.968 bits per heavy atom. The Morgan fingerprint density at radius 3 is 2.29 bits per heavy atom. The third-order valence-corrected chi connectivity index (χ3v) is 5.13. The van der Waals surface area contributed by atoms with Gasteiger partial charge in [-0.1, -0.05) is 42.0 Å². The summed E-state index contributed by atoms with van der Waals surface area (Å²) in [4.78, 5) is 10.7. The maximum absolute atomic E-state index is 11.2. The van der Waals surface area contributed by atoms with Gasteiger partial charge in [-0.25, -0.2) is 0 Å². The SMILES string of the molecule is COc1ccc(C(CC(O)c2ccc(C)cc2)Nc2cccc([N+](=O)[O-])c2)cc1OC. The number of aliphatic hydroxyl groups excluding tert-OH is 1. The molecule has 3 rings (SSSR count). The summed E-state index contributed by atoms with van der Waals surface area (Å²) >= 11 is 0. The molecule has 2 N–H and O–H groups in total. The molecule has 0 fully saturated rings. The zero-order chi connectivity index (χ0) is 22.4. The Bertz CT molecular complexity index is 1040. The number of ether oxygens (including phenoxy) is 2. The Labute approximate surface area is 181 Å². The van der Waals surface area contributed by atoms with Crippen LogP contribution in [-0.4, -0.2) is 24.2 Å². The van der Waals surface area contributed by atoms with Crippen LogP contribution >= 0.6 is 0 Å². The number of aliphatic hydroxyl groups is 1. The first kappa shape index (κ1) is 22.1. The normalized spacial score (nSPS) is 12.6. The van der Waals surface area contributed by atoms with E-state index in [1.54, 1.807) is 32.4 Å². The molecule has 2 atom stereocenters. The highest BCUT2D eigenvalue weighted by Gasteiger charge is 2.20. The lowest BCUT2D eigenvalue weighted by Crippen LogP contribution is -2.15. The zero-order valence-electron chi connectivity index (χ0n) is 17.7. The molecule has 0 radical (unpaired) electrons. The van der Waals surface area contributed by atoms with E-state index in [4.69, 9.17) is 9.47 Å². The summed E-state index contributed by atoms with van der Waals surface area (Å²) in [7, 11) is 3.13. The summed E-state index contributed by atoms with van der Waals surface area (Å²) in [5.74, 6) is 1.16. The van der Waals surface area contributed by atoms with Crippen LogP contribution in [0.1, 0.15) is 35.3 Å². The molecule has 3 aromatic carbocycles. The predicted molar refractivity (Wildman–Crippen MR) is 120 cm³/mol. The first-order valence-electron chi connectivity index (χ1n) is 9.88. The molecule has 0 spiro atoms. The Kier molecular flexibility index (Phi) is 7.10. The van der Waals surface area contributed by atoms with Gasteiger partial charge in [-0.15, -0.1) is 0 Å². The summed E-state index contributed by atoms with van der Waals surface area (Å²) in [5, 5.41) is 25.4. The van der Waals surface area contributed by atoms with Gasteiger partial charge in [0.05, 0.1) is 31.3 Å². The molecule has 31 heavy (non-hydrogen) atoms. The van der Waals surface area contributed by atoms with Gasteiger partial charge in [-0.2, -0.15) is 0 Å². The molecule has 0 amide bonds. The fourth-order valence-electron chi connectivity index (χ4n) is 3.41. The van der Waals surface area contributed by atoms with Crippen LogP contribution in [0.3, 0.4) is 0 Å². The minimum atomic E-state index is -0.732. The Balaban J connectivity index is 1.94. The maximum Gasteiger partial charge on any atom is 0.271 e. The maximum atomic E-state index is 11.2. The summed E-state index contributed by atoms with van der Waals surface area (Å²) in [6.45, 7) is 1.99. The van der Waals surface area contributed by atoms with E-state index in [2.05, 4.69) is 5.32 Å². The number of nitrogens with zero attached hydrogens (tertiary/aromatic N) is 1. The van der Waals surface area contributed by atoms with Crippen molar-refractivity contribution in [2.45, 2.75) is 25.5 Å². The molecule has 3 aromatic rings. The minimum absolute atomic E-state index is 0.00450. The summed E-state index contributed by atoms with van der Waals surface area (Å²) in [5.41, 5.74) is 3.36. The number of anilines is 1. The van der Waals surface area contributed by atoms with Gasteiger partial charge in [-0.05, 0) is 36.2 Å². The number of nitrogens with one attached hydrogen (secondary N) is 1. The number of methoxy groups -OCH3 is 2. The van der Waals surface area contributed by atoms with Gasteiger partial charge in [0.25, 0.3) is 5.69 Å². The molecule has 7 heteroatoms. The van der Waals surface area contributed by atoms with E-state index < -0.39 is 11.0 Å². The lowest BCUT2D eigenvalue weighted by molar-refractivity contribution is -0.384. The molecular weight excluding hydrogens is 396 g/mol. The average Bonchev–Trinajstić information content (AvgIpc) is 2.78. The van der Waals surface area contributed by atoms with Crippen LogP contribution in [0.5, 0.6) is 11.5 Å². The van der Waals surface area contributed by atoms with Crippen LogP contribution in [0.4, 0.5) is 11.4 Å². The van der Waals surface area contributed by atoms with Gasteiger partial charge >= 0.3 is 0 Å². The number of aryl methyl sites for hydroxylation is 1. The van der Waals surface area contributed by atoms with Crippen molar-refractivity contribution in [3.05, 3.63) is 93.5 Å². The second-order valence-corrected chi connectivity index (χ2v) is 7.28. The van der Waals surface area contributed by atoms with Crippen molar-refractivity contribution in [2.24, 2.45) is 0 Å². The predicted octanol–water partition coefficient (Wildman–Crippen LogP) is 5.20. The van der Waals surface area contributed by atoms with E-state index in [9.17, 15) is 15.2 Å². The molecule has 0 heterocycles. The third-order valence-electron chi connectivity index (χ3n) is 5.13. The molecular formula is C24H26N2O5. The molecule has 7 nitrogen and oxygen atoms in total. The minimum Gasteiger partial charge on any atom is -0.493 e. The van der Waals surface area contributed by atoms with E-state index >= 15 is 0 Å². The van der Waals surface area contributed by atoms with Crippen LogP contribution < -0.4 is 14.8 Å². The molecule has 2 unspecified atom stereocenters. The van der Waals surface area contributed by atoms with E-state index in [0.29, 0.717) is 23.6 Å². The zero-order valence-corrected chi connectivity index (χ0v) is 17.7. The monoisotopic (exact) mass is 422 g/mol. The number of nitro groups is 1. The van der Waals surface area contributed by atoms with Crippen LogP contribution in [0.25, 0.3) is 0 Å². The number of nitro benzene ring substituents is 1. The fraction of sp³-hybridized carbons (Fsp3) is 0.250. The fourth-order valence-corrected chi connectivity index (χ4v) is 3.41. The van der Waals surface area contributed by atoms with Crippen molar-refractivity contribution in [2.75, 3.05) is 19.5 Å². The molecule has 0 saturated heterocycles. The van der Waals surface area contributed by atoms with E-state index in [-0.39, 0.29) is 11.7 Å². The molecule has 0 aliphatic heterocycles. The number of benzene rings is 3. The van der Waals surface area contributed by atoms with Gasteiger partial charge in [-0.3, -0.25) is 10.1 Å². The second kappa shape index (κ2) is 9.95. The first-order valence-corrected chi connectivity index (χ1v) is 9.88. The van der Waals surface area contributed by atoms with Crippen LogP contribution in [0.2, 0.25) is 0 Å². The quantitative estimate of drug-likeness (QED) is 0.364. The van der Waals surface area contributed by atoms with Crippen molar-refractivity contribution >= 4 is 11.4 Å². The highest BCUT2D eigenvalue weighted by molar-refractivity contribution is 5.53. The Hall–Kier alpha value is -3.58. The number of non-ortho nitro benzene ring substituents is 1. The van der Waals surface area contributed by atoms with Gasteiger partial charge in [0.15, 0.2) is 11.5 Å². The van der Waals surface area contributed by atoms with Crippen molar-refractivity contribution in [1.29, 1.82) is 0 Å². The van der Waals surface area contributed by atoms with Gasteiger partial charge < -0.3 is 19.9 Å². The van der Waals surface area contributed by atoms with Crippen LogP contribution in [-0.2, 0) is 0 Å². The van der Waals surface area contributed by atoms with E-state index in [1.165, 1.54) is 12.1 Å². The number of rotatable bonds is 9. The molecule has 162 valence electrons. The molecule has 0 aliphatic carbocycles. The molecule has 0 aliphatic rings. The van der Waals surface area contributed by atoms with E-state index in [0.717, 1.165) is 16.7 Å². The number of hydrogen-bond donors (Lipinski definition) is 2. The largest absolute Gasteiger partial charge is 0.493 e. The standard InChI is InChI=1S/C24H26N2O5/c1-16-7-9-17(10-8-16)22(27)15-21(18-11-12-23(30-2)24(13-18)31-3)25-19-5-4-6-20(14-19)26(28)29/h4-14,21-22,25,27H,15H2,1-3H3. The third kappa shape index (κ3) is 5.52. The smallest absolute Gasteiger partial charge is 0.271 e. The van der Waals surface area contributed by atoms with Gasteiger partial charge in [0, 0.05) is 24.2 Å². The van der Waals surface area contributed by atoms with Crippen LogP contribution in [0, 0.1) is 17.0 Å². The van der Waals surface area contributed by atoms with E-state index in [1.807, 2.05) is 43.3 Å². The Morgan fingerprint density at radius 2 is 1.65 bits per heavy atom.